The van der Waals surface area contributed by atoms with E-state index in [1.165, 1.54) is 6.07 Å². The van der Waals surface area contributed by atoms with Gasteiger partial charge in [0.2, 0.25) is 0 Å². The number of para-hydroxylation sites is 2. The van der Waals surface area contributed by atoms with E-state index in [0.29, 0.717) is 33.1 Å². The fourth-order valence-corrected chi connectivity index (χ4v) is 4.90. The second kappa shape index (κ2) is 11.5. The Hall–Kier alpha value is -4.46. The number of rotatable bonds is 8. The van der Waals surface area contributed by atoms with E-state index in [2.05, 4.69) is 17.2 Å². The van der Waals surface area contributed by atoms with Gasteiger partial charge in [-0.25, -0.2) is 10.5 Å². The van der Waals surface area contributed by atoms with Crippen LogP contribution in [0.5, 0.6) is 0 Å². The molecule has 196 valence electrons. The monoisotopic (exact) mass is 538 g/mol. The summed E-state index contributed by atoms with van der Waals surface area (Å²) < 4.78 is 0. The van der Waals surface area contributed by atoms with Gasteiger partial charge in [-0.2, -0.15) is 0 Å². The lowest BCUT2D eigenvalue weighted by molar-refractivity contribution is 0.0707. The molecule has 5 rings (SSSR count). The van der Waals surface area contributed by atoms with Gasteiger partial charge in [0, 0.05) is 16.1 Å². The Kier molecular flexibility index (Phi) is 7.72. The Morgan fingerprint density at radius 1 is 0.897 bits per heavy atom. The Morgan fingerprint density at radius 2 is 1.64 bits per heavy atom. The van der Waals surface area contributed by atoms with E-state index in [9.17, 15) is 14.8 Å². The molecule has 5 aromatic rings. The van der Waals surface area contributed by atoms with Crippen LogP contribution in [0.3, 0.4) is 0 Å². The average Bonchev–Trinajstić information content (AvgIpc) is 3.40. The molecule has 0 fully saturated rings. The van der Waals surface area contributed by atoms with Gasteiger partial charge in [0.1, 0.15) is 5.82 Å². The Morgan fingerprint density at radius 3 is 2.38 bits per heavy atom. The normalized spacial score (nSPS) is 11.8. The molecule has 0 aliphatic carbocycles. The quantitative estimate of drug-likeness (QED) is 0.127. The molecule has 0 aliphatic heterocycles. The number of aromatic amines is 1. The molecule has 0 radical (unpaired) electrons. The maximum atomic E-state index is 13.3. The van der Waals surface area contributed by atoms with E-state index in [0.717, 1.165) is 29.4 Å². The van der Waals surface area contributed by atoms with Crippen molar-refractivity contribution in [3.8, 4) is 22.5 Å². The Labute approximate surface area is 230 Å². The van der Waals surface area contributed by atoms with Crippen molar-refractivity contribution in [3.63, 3.8) is 0 Å². The summed E-state index contributed by atoms with van der Waals surface area (Å²) in [6, 6.07) is 27.4. The maximum absolute atomic E-state index is 13.3. The van der Waals surface area contributed by atoms with Gasteiger partial charge in [0.15, 0.2) is 0 Å². The van der Waals surface area contributed by atoms with Crippen LogP contribution in [0, 0.1) is 0 Å². The molecule has 8 heteroatoms. The molecule has 1 atom stereocenters. The number of nitrogens with zero attached hydrogens (tertiary/aromatic N) is 1. The van der Waals surface area contributed by atoms with E-state index < -0.39 is 5.91 Å². The van der Waals surface area contributed by atoms with Crippen LogP contribution in [0.4, 0.5) is 0 Å². The fourth-order valence-electron chi connectivity index (χ4n) is 4.73. The topological polar surface area (TPSA) is 107 Å². The van der Waals surface area contributed by atoms with Gasteiger partial charge in [-0.3, -0.25) is 14.8 Å². The minimum absolute atomic E-state index is 0.122. The first-order chi connectivity index (χ1) is 19.0. The Balaban J connectivity index is 1.56. The summed E-state index contributed by atoms with van der Waals surface area (Å²) in [6.45, 7) is 2.06. The van der Waals surface area contributed by atoms with Gasteiger partial charge in [-0.05, 0) is 65.6 Å². The number of nitrogens with one attached hydrogen (secondary N) is 3. The molecular formula is C31H27ClN4O3. The number of hydrogen-bond donors (Lipinski definition) is 4. The highest BCUT2D eigenvalue weighted by molar-refractivity contribution is 6.31. The summed E-state index contributed by atoms with van der Waals surface area (Å²) in [5.41, 5.74) is 6.63. The summed E-state index contributed by atoms with van der Waals surface area (Å²) in [4.78, 5) is 34.2. The number of carbonyl (C=O) groups excluding carboxylic acids is 2. The zero-order valence-electron chi connectivity index (χ0n) is 21.2. The first-order valence-electron chi connectivity index (χ1n) is 12.7. The van der Waals surface area contributed by atoms with E-state index >= 15 is 0 Å². The van der Waals surface area contributed by atoms with Crippen molar-refractivity contribution < 1.29 is 14.8 Å². The highest BCUT2D eigenvalue weighted by atomic mass is 35.5. The van der Waals surface area contributed by atoms with E-state index in [1.54, 1.807) is 29.7 Å². The largest absolute Gasteiger partial charge is 0.345 e. The Bertz CT molecular complexity index is 1620. The number of carbonyl (C=O) groups is 2. The molecule has 0 aliphatic rings. The van der Waals surface area contributed by atoms with E-state index in [1.807, 2.05) is 60.7 Å². The minimum atomic E-state index is -0.747. The molecule has 0 bridgehead atoms. The van der Waals surface area contributed by atoms with E-state index in [4.69, 9.17) is 16.6 Å². The summed E-state index contributed by atoms with van der Waals surface area (Å²) in [5, 5.41) is 13.1. The van der Waals surface area contributed by atoms with Crippen LogP contribution in [0.1, 0.15) is 52.1 Å². The number of H-pyrrole nitrogens is 1. The molecule has 0 saturated heterocycles. The van der Waals surface area contributed by atoms with Gasteiger partial charge in [0.25, 0.3) is 11.8 Å². The summed E-state index contributed by atoms with van der Waals surface area (Å²) >= 11 is 6.38. The lowest BCUT2D eigenvalue weighted by Crippen LogP contribution is -2.29. The van der Waals surface area contributed by atoms with Gasteiger partial charge >= 0.3 is 0 Å². The van der Waals surface area contributed by atoms with Gasteiger partial charge in [-0.15, -0.1) is 0 Å². The highest BCUT2D eigenvalue weighted by Crippen LogP contribution is 2.36. The van der Waals surface area contributed by atoms with Crippen LogP contribution in [0.15, 0.2) is 91.0 Å². The molecule has 2 amide bonds. The third kappa shape index (κ3) is 5.55. The van der Waals surface area contributed by atoms with E-state index in [-0.39, 0.29) is 17.5 Å². The summed E-state index contributed by atoms with van der Waals surface area (Å²) in [6.07, 6.45) is 1.65. The smallest absolute Gasteiger partial charge is 0.275 e. The molecule has 0 spiro atoms. The van der Waals surface area contributed by atoms with Crippen LogP contribution < -0.4 is 10.8 Å². The van der Waals surface area contributed by atoms with Crippen molar-refractivity contribution in [1.29, 1.82) is 0 Å². The molecule has 1 heterocycles. The van der Waals surface area contributed by atoms with Crippen LogP contribution in [-0.2, 0) is 0 Å². The third-order valence-electron chi connectivity index (χ3n) is 6.63. The highest BCUT2D eigenvalue weighted by Gasteiger charge is 2.22. The van der Waals surface area contributed by atoms with Crippen LogP contribution >= 0.6 is 11.6 Å². The number of imidazole rings is 1. The second-order valence-corrected chi connectivity index (χ2v) is 9.66. The van der Waals surface area contributed by atoms with Gasteiger partial charge < -0.3 is 10.3 Å². The van der Waals surface area contributed by atoms with Gasteiger partial charge in [0.05, 0.1) is 22.6 Å². The van der Waals surface area contributed by atoms with Crippen molar-refractivity contribution >= 4 is 34.4 Å². The van der Waals surface area contributed by atoms with Crippen LogP contribution in [0.2, 0.25) is 5.02 Å². The molecule has 4 aromatic carbocycles. The molecule has 0 unspecified atom stereocenters. The summed E-state index contributed by atoms with van der Waals surface area (Å²) in [5.74, 6) is -0.465. The number of halogens is 1. The zero-order valence-corrected chi connectivity index (χ0v) is 22.0. The standard InChI is InChI=1S/C31H27ClN4O3/c1-2-8-26(19-9-4-3-5-10-19)35-30(37)20-13-15-22(25(17-20)31(38)36-39)24-18-21(32)14-16-23(24)29-33-27-11-6-7-12-28(27)34-29/h3-7,9-18,26,39H,2,8H2,1H3,(H,33,34)(H,35,37)(H,36,38)/t26-/m1/s1. The predicted octanol–water partition coefficient (Wildman–Crippen LogP) is 6.94. The molecule has 0 saturated carbocycles. The minimum Gasteiger partial charge on any atom is -0.345 e. The van der Waals surface area contributed by atoms with Crippen molar-refractivity contribution in [2.45, 2.75) is 25.8 Å². The molecule has 4 N–H and O–H groups in total. The van der Waals surface area contributed by atoms with Crippen LogP contribution in [-0.4, -0.2) is 27.0 Å². The third-order valence-corrected chi connectivity index (χ3v) is 6.86. The molecule has 39 heavy (non-hydrogen) atoms. The van der Waals surface area contributed by atoms with Gasteiger partial charge in [-0.1, -0.05) is 73.5 Å². The molecular weight excluding hydrogens is 512 g/mol. The lowest BCUT2D eigenvalue weighted by Gasteiger charge is -2.19. The number of hydroxylamine groups is 1. The lowest BCUT2D eigenvalue weighted by atomic mass is 9.92. The second-order valence-electron chi connectivity index (χ2n) is 9.22. The average molecular weight is 539 g/mol. The predicted molar refractivity (Wildman–Crippen MR) is 153 cm³/mol. The fraction of sp³-hybridized carbons (Fsp3) is 0.129. The van der Waals surface area contributed by atoms with Crippen molar-refractivity contribution in [3.05, 3.63) is 113 Å². The van der Waals surface area contributed by atoms with Crippen molar-refractivity contribution in [2.75, 3.05) is 0 Å². The first kappa shape index (κ1) is 26.2. The zero-order chi connectivity index (χ0) is 27.4. The first-order valence-corrected chi connectivity index (χ1v) is 13.1. The number of fused-ring (bicyclic) bond motifs is 1. The number of aromatic nitrogens is 2. The number of amides is 2. The summed E-state index contributed by atoms with van der Waals surface area (Å²) in [7, 11) is 0. The number of hydrogen-bond acceptors (Lipinski definition) is 4. The van der Waals surface area contributed by atoms with Crippen molar-refractivity contribution in [1.82, 2.24) is 20.8 Å². The number of benzene rings is 4. The molecule has 1 aromatic heterocycles. The van der Waals surface area contributed by atoms with Crippen LogP contribution in [0.25, 0.3) is 33.5 Å². The SMILES string of the molecule is CCC[C@@H](NC(=O)c1ccc(-c2cc(Cl)ccc2-c2nc3ccccc3[nH]2)c(C(=O)NO)c1)c1ccccc1. The maximum Gasteiger partial charge on any atom is 0.275 e. The molecule has 7 nitrogen and oxygen atoms in total. The van der Waals surface area contributed by atoms with Crippen molar-refractivity contribution in [2.24, 2.45) is 0 Å².